The Balaban J connectivity index is 1.66. The van der Waals surface area contributed by atoms with Gasteiger partial charge in [0.15, 0.2) is 9.78 Å². The second-order valence-electron chi connectivity index (χ2n) is 5.28. The Morgan fingerprint density at radius 3 is 2.46 bits per heavy atom. The summed E-state index contributed by atoms with van der Waals surface area (Å²) in [4.78, 5) is 25.4. The molecule has 2 N–H and O–H groups in total. The van der Waals surface area contributed by atoms with E-state index >= 15 is 0 Å². The van der Waals surface area contributed by atoms with E-state index in [9.17, 15) is 9.90 Å². The van der Waals surface area contributed by atoms with Gasteiger partial charge in [0.05, 0.1) is 15.6 Å². The van der Waals surface area contributed by atoms with Crippen LogP contribution in [0.15, 0.2) is 64.6 Å². The second-order valence-corrected chi connectivity index (χ2v) is 6.96. The van der Waals surface area contributed by atoms with Crippen molar-refractivity contribution < 1.29 is 9.90 Å². The fourth-order valence-corrected chi connectivity index (χ4v) is 3.51. The molecule has 1 aliphatic rings. The summed E-state index contributed by atoms with van der Waals surface area (Å²) in [5, 5.41) is 12.0. The fourth-order valence-electron chi connectivity index (χ4n) is 2.35. The predicted molar refractivity (Wildman–Crippen MR) is 99.5 cm³/mol. The molecule has 0 spiro atoms. The molecule has 1 aromatic carbocycles. The third-order valence-corrected chi connectivity index (χ3v) is 4.89. The van der Waals surface area contributed by atoms with E-state index in [4.69, 9.17) is 12.2 Å². The third-order valence-electron chi connectivity index (χ3n) is 3.58. The van der Waals surface area contributed by atoms with Crippen molar-refractivity contribution in [1.82, 2.24) is 9.66 Å². The van der Waals surface area contributed by atoms with Gasteiger partial charge in [0.1, 0.15) is 0 Å². The van der Waals surface area contributed by atoms with E-state index in [1.54, 1.807) is 18.2 Å². The highest BCUT2D eigenvalue weighted by molar-refractivity contribution is 7.73. The van der Waals surface area contributed by atoms with E-state index in [-0.39, 0.29) is 5.88 Å². The molecule has 0 radical (unpaired) electrons. The first kappa shape index (κ1) is 16.3. The standard InChI is InChI=1S/C17H11N5O2S2/c23-15(10-5-7-18-8-6-10)21-22-16(24)13(26-17(22)25)9-14-19-11-3-1-2-4-12(11)20-14/h1-9,24H,(H,21,23). The number of carbonyl (C=O) groups is 1. The maximum atomic E-state index is 12.3. The van der Waals surface area contributed by atoms with E-state index in [2.05, 4.69) is 20.4 Å². The molecule has 0 saturated carbocycles. The maximum absolute atomic E-state index is 12.3. The lowest BCUT2D eigenvalue weighted by Crippen LogP contribution is -2.22. The van der Waals surface area contributed by atoms with Gasteiger partial charge in [-0.1, -0.05) is 23.5 Å². The highest BCUT2D eigenvalue weighted by Crippen LogP contribution is 2.28. The normalized spacial score (nSPS) is 12.1. The Kier molecular flexibility index (Phi) is 4.15. The molecule has 26 heavy (non-hydrogen) atoms. The Bertz CT molecular complexity index is 1170. The lowest BCUT2D eigenvalue weighted by atomic mass is 10.3. The zero-order valence-corrected chi connectivity index (χ0v) is 14.8. The summed E-state index contributed by atoms with van der Waals surface area (Å²) >= 11 is 6.39. The number of para-hydroxylation sites is 2. The average molecular weight is 381 g/mol. The van der Waals surface area contributed by atoms with Crippen LogP contribution in [-0.4, -0.2) is 20.7 Å². The first-order chi connectivity index (χ1) is 12.6. The summed E-state index contributed by atoms with van der Waals surface area (Å²) < 4.78 is 1.46. The number of rotatable bonds is 3. The Hall–Kier alpha value is -3.17. The van der Waals surface area contributed by atoms with Crippen LogP contribution in [0.5, 0.6) is 5.88 Å². The molecular weight excluding hydrogens is 370 g/mol. The van der Waals surface area contributed by atoms with Gasteiger partial charge in [-0.15, -0.1) is 0 Å². The van der Waals surface area contributed by atoms with E-state index in [0.29, 0.717) is 20.2 Å². The second kappa shape index (κ2) is 6.62. The first-order valence-electron chi connectivity index (χ1n) is 7.52. The van der Waals surface area contributed by atoms with E-state index in [1.165, 1.54) is 12.4 Å². The van der Waals surface area contributed by atoms with Crippen LogP contribution >= 0.6 is 23.6 Å². The van der Waals surface area contributed by atoms with Gasteiger partial charge >= 0.3 is 0 Å². The zero-order chi connectivity index (χ0) is 18.1. The molecular formula is C17H11N5O2S2. The molecule has 1 aliphatic heterocycles. The minimum atomic E-state index is -0.404. The lowest BCUT2D eigenvalue weighted by Gasteiger charge is -2.06. The molecule has 9 heteroatoms. The summed E-state index contributed by atoms with van der Waals surface area (Å²) in [6.07, 6.45) is 4.65. The fraction of sp³-hybridized carbons (Fsp3) is 0. The Morgan fingerprint density at radius 2 is 1.81 bits per heavy atom. The zero-order valence-electron chi connectivity index (χ0n) is 13.2. The molecule has 7 nitrogen and oxygen atoms in total. The number of benzene rings is 1. The number of amides is 1. The van der Waals surface area contributed by atoms with Crippen LogP contribution in [-0.2, 0) is 0 Å². The number of nitrogens with one attached hydrogen (secondary N) is 1. The van der Waals surface area contributed by atoms with Gasteiger partial charge in [-0.05, 0) is 36.5 Å². The molecule has 0 bridgehead atoms. The van der Waals surface area contributed by atoms with Gasteiger partial charge in [-0.2, -0.15) is 4.68 Å². The summed E-state index contributed by atoms with van der Waals surface area (Å²) in [7, 11) is 0. The van der Waals surface area contributed by atoms with Gasteiger partial charge in [-0.25, -0.2) is 9.98 Å². The molecule has 3 heterocycles. The van der Waals surface area contributed by atoms with E-state index in [1.807, 2.05) is 24.3 Å². The molecule has 4 rings (SSSR count). The summed E-state index contributed by atoms with van der Waals surface area (Å²) in [6, 6.07) is 10.6. The summed E-state index contributed by atoms with van der Waals surface area (Å²) in [6.45, 7) is 0. The van der Waals surface area contributed by atoms with Crippen LogP contribution in [0.25, 0.3) is 6.08 Å². The maximum Gasteiger partial charge on any atom is 0.270 e. The number of fused-ring (bicyclic) bond motifs is 1. The van der Waals surface area contributed by atoms with Gasteiger partial charge < -0.3 is 5.11 Å². The third kappa shape index (κ3) is 3.05. The topological polar surface area (TPSA) is 91.9 Å². The molecule has 0 atom stereocenters. The highest BCUT2D eigenvalue weighted by atomic mass is 32.1. The predicted octanol–water partition coefficient (Wildman–Crippen LogP) is 2.01. The summed E-state index contributed by atoms with van der Waals surface area (Å²) in [5.74, 6) is -0.111. The van der Waals surface area contributed by atoms with E-state index < -0.39 is 5.91 Å². The van der Waals surface area contributed by atoms with Crippen molar-refractivity contribution in [3.63, 3.8) is 0 Å². The average Bonchev–Trinajstić information content (AvgIpc) is 3.18. The van der Waals surface area contributed by atoms with Gasteiger partial charge in [-0.3, -0.25) is 15.2 Å². The number of pyridine rings is 1. The molecule has 0 unspecified atom stereocenters. The van der Waals surface area contributed by atoms with Crippen molar-refractivity contribution in [3.05, 3.63) is 79.7 Å². The largest absolute Gasteiger partial charge is 0.492 e. The Labute approximate surface area is 156 Å². The van der Waals surface area contributed by atoms with Crippen LogP contribution in [0.3, 0.4) is 0 Å². The van der Waals surface area contributed by atoms with Crippen LogP contribution in [0.1, 0.15) is 15.2 Å². The number of hydrogen-bond donors (Lipinski definition) is 2. The number of nitrogens with zero attached hydrogens (tertiary/aromatic N) is 4. The van der Waals surface area contributed by atoms with Gasteiger partial charge in [0.25, 0.3) is 5.91 Å². The number of thiazole rings is 1. The van der Waals surface area contributed by atoms with Crippen LogP contribution < -0.4 is 16.1 Å². The van der Waals surface area contributed by atoms with Crippen molar-refractivity contribution in [1.29, 1.82) is 0 Å². The van der Waals surface area contributed by atoms with Gasteiger partial charge in [0, 0.05) is 24.0 Å². The van der Waals surface area contributed by atoms with Crippen molar-refractivity contribution in [2.75, 3.05) is 5.43 Å². The van der Waals surface area contributed by atoms with E-state index in [0.717, 1.165) is 26.7 Å². The number of aromatic nitrogens is 2. The molecule has 3 aromatic rings. The molecule has 128 valence electrons. The molecule has 0 aliphatic carbocycles. The van der Waals surface area contributed by atoms with Crippen LogP contribution in [0, 0.1) is 3.95 Å². The van der Waals surface area contributed by atoms with Crippen molar-refractivity contribution >= 4 is 35.5 Å². The van der Waals surface area contributed by atoms with Crippen molar-refractivity contribution in [3.8, 4) is 5.88 Å². The molecule has 0 fully saturated rings. The molecule has 0 saturated heterocycles. The van der Waals surface area contributed by atoms with Crippen molar-refractivity contribution in [2.24, 2.45) is 9.98 Å². The molecule has 2 aromatic heterocycles. The van der Waals surface area contributed by atoms with Crippen LogP contribution in [0.2, 0.25) is 0 Å². The SMILES string of the molecule is O=C(Nn1c(O)c(C=C2N=c3ccccc3=N2)sc1=S)c1ccncc1. The number of hydrogen-bond acceptors (Lipinski definition) is 7. The Morgan fingerprint density at radius 1 is 1.15 bits per heavy atom. The minimum absolute atomic E-state index is 0.170. The lowest BCUT2D eigenvalue weighted by molar-refractivity contribution is 0.101. The molecule has 1 amide bonds. The minimum Gasteiger partial charge on any atom is -0.492 e. The smallest absolute Gasteiger partial charge is 0.270 e. The first-order valence-corrected chi connectivity index (χ1v) is 8.75. The van der Waals surface area contributed by atoms with Crippen molar-refractivity contribution in [2.45, 2.75) is 0 Å². The quantitative estimate of drug-likeness (QED) is 0.679. The number of carbonyl (C=O) groups excluding carboxylic acids is 1. The summed E-state index contributed by atoms with van der Waals surface area (Å²) in [5.41, 5.74) is 2.98. The van der Waals surface area contributed by atoms with Gasteiger partial charge in [0.2, 0.25) is 5.88 Å². The van der Waals surface area contributed by atoms with Crippen LogP contribution in [0.4, 0.5) is 0 Å². The number of aromatic hydroxyl groups is 1. The monoisotopic (exact) mass is 381 g/mol. The highest BCUT2D eigenvalue weighted by Gasteiger charge is 2.15.